The normalized spacial score (nSPS) is 10.6. The van der Waals surface area contributed by atoms with Crippen LogP contribution in [0.25, 0.3) is 11.4 Å². The number of benzene rings is 2. The Balaban J connectivity index is 1.51. The minimum Gasteiger partial charge on any atom is -0.486 e. The molecular weight excluding hydrogens is 374 g/mol. The van der Waals surface area contributed by atoms with E-state index >= 15 is 0 Å². The Morgan fingerprint density at radius 3 is 2.89 bits per heavy atom. The van der Waals surface area contributed by atoms with Crippen molar-refractivity contribution >= 4 is 22.9 Å². The van der Waals surface area contributed by atoms with E-state index in [4.69, 9.17) is 4.74 Å². The van der Waals surface area contributed by atoms with E-state index in [-0.39, 0.29) is 5.91 Å². The van der Waals surface area contributed by atoms with Gasteiger partial charge in [0.25, 0.3) is 5.91 Å². The number of amides is 1. The van der Waals surface area contributed by atoms with E-state index in [1.54, 1.807) is 23.7 Å². The highest BCUT2D eigenvalue weighted by molar-refractivity contribution is 7.07. The molecule has 7 nitrogen and oxygen atoms in total. The number of hydrogen-bond acceptors (Lipinski definition) is 6. The number of aromatic nitrogens is 4. The van der Waals surface area contributed by atoms with Crippen LogP contribution in [0.3, 0.4) is 0 Å². The monoisotopic (exact) mass is 391 g/mol. The summed E-state index contributed by atoms with van der Waals surface area (Å²) in [5.74, 6) is 1.57. The molecular formula is C20H17N5O2S. The molecule has 0 saturated carbocycles. The molecule has 0 spiro atoms. The van der Waals surface area contributed by atoms with Crippen molar-refractivity contribution in [3.05, 3.63) is 76.5 Å². The number of nitrogens with zero attached hydrogens (tertiary/aromatic N) is 3. The topological polar surface area (TPSA) is 92.8 Å². The van der Waals surface area contributed by atoms with Crippen molar-refractivity contribution in [1.82, 2.24) is 20.2 Å². The van der Waals surface area contributed by atoms with E-state index in [9.17, 15) is 4.79 Å². The zero-order valence-corrected chi connectivity index (χ0v) is 15.9. The lowest BCUT2D eigenvalue weighted by Gasteiger charge is -2.11. The molecule has 0 unspecified atom stereocenters. The van der Waals surface area contributed by atoms with Gasteiger partial charge in [0, 0.05) is 16.6 Å². The molecule has 2 N–H and O–H groups in total. The standard InChI is InChI=1S/C20H17N5O2S/c1-13-22-19(25-24-13)14-5-4-6-15(9-14)23-20(26)17-7-2-3-8-18(17)27-10-16-11-28-12-21-16/h2-9,11-12H,10H2,1H3,(H,23,26)(H,22,24,25). The zero-order chi connectivity index (χ0) is 19.3. The van der Waals surface area contributed by atoms with Crippen molar-refractivity contribution < 1.29 is 9.53 Å². The van der Waals surface area contributed by atoms with E-state index in [1.165, 1.54) is 11.3 Å². The quantitative estimate of drug-likeness (QED) is 0.517. The molecule has 4 rings (SSSR count). The minimum atomic E-state index is -0.253. The molecule has 2 aromatic heterocycles. The van der Waals surface area contributed by atoms with Crippen LogP contribution in [0.15, 0.2) is 59.4 Å². The van der Waals surface area contributed by atoms with Gasteiger partial charge in [-0.15, -0.1) is 11.3 Å². The first-order chi connectivity index (χ1) is 13.7. The van der Waals surface area contributed by atoms with Gasteiger partial charge >= 0.3 is 0 Å². The molecule has 0 aliphatic rings. The fourth-order valence-electron chi connectivity index (χ4n) is 2.65. The largest absolute Gasteiger partial charge is 0.486 e. The maximum Gasteiger partial charge on any atom is 0.259 e. The molecule has 8 heteroatoms. The number of thiazole rings is 1. The van der Waals surface area contributed by atoms with Crippen molar-refractivity contribution in [2.75, 3.05) is 5.32 Å². The Morgan fingerprint density at radius 2 is 2.11 bits per heavy atom. The molecule has 0 saturated heterocycles. The van der Waals surface area contributed by atoms with Crippen molar-refractivity contribution in [3.8, 4) is 17.1 Å². The second kappa shape index (κ2) is 8.01. The number of anilines is 1. The van der Waals surface area contributed by atoms with Gasteiger partial charge < -0.3 is 10.1 Å². The Bertz CT molecular complexity index is 1090. The predicted octanol–water partition coefficient (Wildman–Crippen LogP) is 4.07. The molecule has 0 radical (unpaired) electrons. The number of para-hydroxylation sites is 1. The highest BCUT2D eigenvalue weighted by atomic mass is 32.1. The molecule has 0 aliphatic heterocycles. The summed E-state index contributed by atoms with van der Waals surface area (Å²) in [5.41, 5.74) is 4.50. The van der Waals surface area contributed by atoms with E-state index < -0.39 is 0 Å². The molecule has 140 valence electrons. The smallest absolute Gasteiger partial charge is 0.259 e. The summed E-state index contributed by atoms with van der Waals surface area (Å²) >= 11 is 1.51. The summed E-state index contributed by atoms with van der Waals surface area (Å²) in [6.45, 7) is 2.15. The lowest BCUT2D eigenvalue weighted by Crippen LogP contribution is -2.13. The number of aromatic amines is 1. The third-order valence-electron chi connectivity index (χ3n) is 3.97. The third-order valence-corrected chi connectivity index (χ3v) is 4.60. The average molecular weight is 391 g/mol. The van der Waals surface area contributed by atoms with Crippen molar-refractivity contribution in [3.63, 3.8) is 0 Å². The molecule has 2 heterocycles. The molecule has 4 aromatic rings. The number of carbonyl (C=O) groups excluding carboxylic acids is 1. The Kier molecular flexibility index (Phi) is 5.11. The van der Waals surface area contributed by atoms with Gasteiger partial charge in [-0.2, -0.15) is 5.10 Å². The van der Waals surface area contributed by atoms with Crippen LogP contribution in [0.4, 0.5) is 5.69 Å². The summed E-state index contributed by atoms with van der Waals surface area (Å²) in [5, 5.41) is 11.8. The zero-order valence-electron chi connectivity index (χ0n) is 15.0. The molecule has 1 amide bonds. The van der Waals surface area contributed by atoms with E-state index in [0.717, 1.165) is 17.1 Å². The molecule has 2 aromatic carbocycles. The van der Waals surface area contributed by atoms with Gasteiger partial charge in [0.05, 0.1) is 16.8 Å². The fourth-order valence-corrected chi connectivity index (χ4v) is 3.19. The van der Waals surface area contributed by atoms with Crippen LogP contribution in [0.1, 0.15) is 21.9 Å². The van der Waals surface area contributed by atoms with Crippen molar-refractivity contribution in [1.29, 1.82) is 0 Å². The SMILES string of the molecule is Cc1nc(-c2cccc(NC(=O)c3ccccc3OCc3cscn3)c2)n[nH]1. The van der Waals surface area contributed by atoms with Gasteiger partial charge in [-0.05, 0) is 31.2 Å². The summed E-state index contributed by atoms with van der Waals surface area (Å²) in [6, 6.07) is 14.5. The predicted molar refractivity (Wildman–Crippen MR) is 107 cm³/mol. The van der Waals surface area contributed by atoms with Crippen LogP contribution >= 0.6 is 11.3 Å². The van der Waals surface area contributed by atoms with Crippen molar-refractivity contribution in [2.24, 2.45) is 0 Å². The second-order valence-corrected chi connectivity index (χ2v) is 6.76. The number of hydrogen-bond donors (Lipinski definition) is 2. The van der Waals surface area contributed by atoms with Crippen LogP contribution in [-0.2, 0) is 6.61 Å². The Morgan fingerprint density at radius 1 is 1.21 bits per heavy atom. The maximum absolute atomic E-state index is 12.8. The van der Waals surface area contributed by atoms with E-state index in [2.05, 4.69) is 25.5 Å². The number of rotatable bonds is 6. The lowest BCUT2D eigenvalue weighted by molar-refractivity contribution is 0.102. The van der Waals surface area contributed by atoms with Gasteiger partial charge in [-0.25, -0.2) is 9.97 Å². The highest BCUT2D eigenvalue weighted by Crippen LogP contribution is 2.23. The third kappa shape index (κ3) is 4.07. The van der Waals surface area contributed by atoms with Crippen LogP contribution in [0.2, 0.25) is 0 Å². The first kappa shape index (κ1) is 17.9. The first-order valence-electron chi connectivity index (χ1n) is 8.59. The van der Waals surface area contributed by atoms with Crippen LogP contribution in [-0.4, -0.2) is 26.1 Å². The lowest BCUT2D eigenvalue weighted by atomic mass is 10.1. The number of ether oxygens (including phenoxy) is 1. The van der Waals surface area contributed by atoms with Gasteiger partial charge in [-0.1, -0.05) is 24.3 Å². The van der Waals surface area contributed by atoms with Gasteiger partial charge in [0.15, 0.2) is 5.82 Å². The number of nitrogens with one attached hydrogen (secondary N) is 2. The van der Waals surface area contributed by atoms with Crippen LogP contribution < -0.4 is 10.1 Å². The maximum atomic E-state index is 12.8. The fraction of sp³-hybridized carbons (Fsp3) is 0.100. The molecule has 0 bridgehead atoms. The summed E-state index contributed by atoms with van der Waals surface area (Å²) in [7, 11) is 0. The molecule has 0 aliphatic carbocycles. The van der Waals surface area contributed by atoms with E-state index in [1.807, 2.05) is 42.6 Å². The summed E-state index contributed by atoms with van der Waals surface area (Å²) in [6.07, 6.45) is 0. The van der Waals surface area contributed by atoms with Gasteiger partial charge in [-0.3, -0.25) is 9.89 Å². The van der Waals surface area contributed by atoms with Crippen LogP contribution in [0, 0.1) is 6.92 Å². The Labute approximate surface area is 165 Å². The van der Waals surface area contributed by atoms with Gasteiger partial charge in [0.2, 0.25) is 0 Å². The average Bonchev–Trinajstić information content (AvgIpc) is 3.38. The summed E-state index contributed by atoms with van der Waals surface area (Å²) in [4.78, 5) is 21.3. The summed E-state index contributed by atoms with van der Waals surface area (Å²) < 4.78 is 5.80. The van der Waals surface area contributed by atoms with Crippen molar-refractivity contribution in [2.45, 2.75) is 13.5 Å². The molecule has 28 heavy (non-hydrogen) atoms. The van der Waals surface area contributed by atoms with Crippen LogP contribution in [0.5, 0.6) is 5.75 Å². The highest BCUT2D eigenvalue weighted by Gasteiger charge is 2.14. The number of aryl methyl sites for hydroxylation is 1. The van der Waals surface area contributed by atoms with E-state index in [0.29, 0.717) is 29.4 Å². The first-order valence-corrected chi connectivity index (χ1v) is 9.53. The molecule has 0 atom stereocenters. The Hall–Kier alpha value is -3.52. The second-order valence-electron chi connectivity index (χ2n) is 6.04. The number of carbonyl (C=O) groups is 1. The van der Waals surface area contributed by atoms with Gasteiger partial charge in [0.1, 0.15) is 18.2 Å². The number of H-pyrrole nitrogens is 1. The molecule has 0 fully saturated rings. The minimum absolute atomic E-state index is 0.253.